The van der Waals surface area contributed by atoms with Crippen molar-refractivity contribution in [3.63, 3.8) is 0 Å². The van der Waals surface area contributed by atoms with E-state index in [0.717, 1.165) is 30.8 Å². The number of anilines is 1. The topological polar surface area (TPSA) is 65.5 Å². The predicted molar refractivity (Wildman–Crippen MR) is 91.7 cm³/mol. The van der Waals surface area contributed by atoms with E-state index in [1.807, 2.05) is 36.4 Å². The number of hydrogen-bond donors (Lipinski definition) is 1. The Morgan fingerprint density at radius 1 is 1.08 bits per heavy atom. The molecule has 1 saturated heterocycles. The van der Waals surface area contributed by atoms with Gasteiger partial charge in [0.05, 0.1) is 11.9 Å². The van der Waals surface area contributed by atoms with Crippen molar-refractivity contribution < 1.29 is 9.59 Å². The lowest BCUT2D eigenvalue weighted by molar-refractivity contribution is -0.118. The van der Waals surface area contributed by atoms with Crippen molar-refractivity contribution >= 4 is 18.0 Å². The second-order valence-corrected chi connectivity index (χ2v) is 5.70. The Morgan fingerprint density at radius 2 is 1.83 bits per heavy atom. The number of nitrogens with one attached hydrogen (secondary N) is 1. The molecule has 6 nitrogen and oxygen atoms in total. The van der Waals surface area contributed by atoms with Gasteiger partial charge in [-0.3, -0.25) is 9.59 Å². The molecule has 2 heterocycles. The Morgan fingerprint density at radius 3 is 2.46 bits per heavy atom. The van der Waals surface area contributed by atoms with Crippen LogP contribution >= 0.6 is 0 Å². The lowest BCUT2D eigenvalue weighted by Crippen LogP contribution is -2.45. The fraction of sp³-hybridized carbons (Fsp3) is 0.278. The SMILES string of the molecule is O=CN1CCN(c2ccc(C(=O)NCc3ccccc3)nc2)CC1. The van der Waals surface area contributed by atoms with Crippen molar-refractivity contribution in [2.45, 2.75) is 6.54 Å². The maximum atomic E-state index is 12.2. The molecule has 6 heteroatoms. The van der Waals surface area contributed by atoms with Gasteiger partial charge in [-0.05, 0) is 17.7 Å². The van der Waals surface area contributed by atoms with Gasteiger partial charge in [0.1, 0.15) is 5.69 Å². The van der Waals surface area contributed by atoms with Crippen LogP contribution in [0.2, 0.25) is 0 Å². The summed E-state index contributed by atoms with van der Waals surface area (Å²) >= 11 is 0. The molecule has 1 aliphatic rings. The average Bonchev–Trinajstić information content (AvgIpc) is 2.67. The maximum absolute atomic E-state index is 12.2. The summed E-state index contributed by atoms with van der Waals surface area (Å²) in [6, 6.07) is 13.4. The van der Waals surface area contributed by atoms with Gasteiger partial charge in [0.2, 0.25) is 6.41 Å². The highest BCUT2D eigenvalue weighted by Gasteiger charge is 2.16. The van der Waals surface area contributed by atoms with Gasteiger partial charge in [-0.25, -0.2) is 4.98 Å². The zero-order valence-electron chi connectivity index (χ0n) is 13.4. The molecule has 124 valence electrons. The van der Waals surface area contributed by atoms with Gasteiger partial charge >= 0.3 is 0 Å². The first kappa shape index (κ1) is 16.0. The molecule has 1 aliphatic heterocycles. The summed E-state index contributed by atoms with van der Waals surface area (Å²) in [7, 11) is 0. The number of carbonyl (C=O) groups is 2. The minimum absolute atomic E-state index is 0.184. The third-order valence-corrected chi connectivity index (χ3v) is 4.10. The van der Waals surface area contributed by atoms with Crippen LogP contribution in [0.15, 0.2) is 48.7 Å². The van der Waals surface area contributed by atoms with Crippen LogP contribution in [0.1, 0.15) is 16.1 Å². The Bertz CT molecular complexity index is 680. The van der Waals surface area contributed by atoms with Crippen LogP contribution in [0.3, 0.4) is 0 Å². The molecule has 0 aliphatic carbocycles. The Hall–Kier alpha value is -2.89. The van der Waals surface area contributed by atoms with Gasteiger partial charge in [0.25, 0.3) is 5.91 Å². The first-order valence-corrected chi connectivity index (χ1v) is 7.99. The fourth-order valence-electron chi connectivity index (χ4n) is 2.66. The Kier molecular flexibility index (Phi) is 5.05. The van der Waals surface area contributed by atoms with Gasteiger partial charge in [-0.1, -0.05) is 30.3 Å². The molecule has 3 rings (SSSR count). The molecule has 24 heavy (non-hydrogen) atoms. The van der Waals surface area contributed by atoms with Crippen LogP contribution < -0.4 is 10.2 Å². The number of carbonyl (C=O) groups excluding carboxylic acids is 2. The van der Waals surface area contributed by atoms with E-state index in [4.69, 9.17) is 0 Å². The molecular formula is C18H20N4O2. The van der Waals surface area contributed by atoms with E-state index < -0.39 is 0 Å². The van der Waals surface area contributed by atoms with Crippen molar-refractivity contribution in [3.8, 4) is 0 Å². The van der Waals surface area contributed by atoms with Gasteiger partial charge < -0.3 is 15.1 Å². The molecule has 1 N–H and O–H groups in total. The number of pyridine rings is 1. The standard InChI is InChI=1S/C18H20N4O2/c23-14-21-8-10-22(11-9-21)16-6-7-17(19-13-16)18(24)20-12-15-4-2-1-3-5-15/h1-7,13-14H,8-12H2,(H,20,24). The molecule has 0 saturated carbocycles. The van der Waals surface area contributed by atoms with E-state index in [9.17, 15) is 9.59 Å². The second kappa shape index (κ2) is 7.59. The van der Waals surface area contributed by atoms with E-state index in [0.29, 0.717) is 25.3 Å². The van der Waals surface area contributed by atoms with Crippen LogP contribution in [0.4, 0.5) is 5.69 Å². The third-order valence-electron chi connectivity index (χ3n) is 4.10. The zero-order chi connectivity index (χ0) is 16.8. The molecule has 0 spiro atoms. The van der Waals surface area contributed by atoms with Gasteiger partial charge in [-0.2, -0.15) is 0 Å². The molecule has 2 amide bonds. The van der Waals surface area contributed by atoms with Gasteiger partial charge in [0.15, 0.2) is 0 Å². The first-order chi connectivity index (χ1) is 11.8. The number of aromatic nitrogens is 1. The molecule has 1 fully saturated rings. The van der Waals surface area contributed by atoms with Crippen LogP contribution in [-0.2, 0) is 11.3 Å². The summed E-state index contributed by atoms with van der Waals surface area (Å²) in [6.45, 7) is 3.46. The van der Waals surface area contributed by atoms with Crippen LogP contribution in [0.5, 0.6) is 0 Å². The summed E-state index contributed by atoms with van der Waals surface area (Å²) in [4.78, 5) is 31.1. The number of hydrogen-bond acceptors (Lipinski definition) is 4. The van der Waals surface area contributed by atoms with Crippen LogP contribution in [-0.4, -0.2) is 48.4 Å². The van der Waals surface area contributed by atoms with E-state index in [2.05, 4.69) is 15.2 Å². The summed E-state index contributed by atoms with van der Waals surface area (Å²) < 4.78 is 0. The van der Waals surface area contributed by atoms with Gasteiger partial charge in [0, 0.05) is 32.7 Å². The minimum Gasteiger partial charge on any atom is -0.367 e. The molecule has 0 unspecified atom stereocenters. The number of amides is 2. The average molecular weight is 324 g/mol. The molecule has 0 atom stereocenters. The van der Waals surface area contributed by atoms with E-state index >= 15 is 0 Å². The van der Waals surface area contributed by atoms with Crippen LogP contribution in [0, 0.1) is 0 Å². The number of benzene rings is 1. The highest BCUT2D eigenvalue weighted by molar-refractivity contribution is 5.92. The first-order valence-electron chi connectivity index (χ1n) is 7.99. The number of rotatable bonds is 5. The summed E-state index contributed by atoms with van der Waals surface area (Å²) in [5.74, 6) is -0.184. The minimum atomic E-state index is -0.184. The van der Waals surface area contributed by atoms with Crippen molar-refractivity contribution in [1.82, 2.24) is 15.2 Å². The van der Waals surface area contributed by atoms with Crippen molar-refractivity contribution in [1.29, 1.82) is 0 Å². The largest absolute Gasteiger partial charge is 0.367 e. The summed E-state index contributed by atoms with van der Waals surface area (Å²) in [5, 5.41) is 2.87. The van der Waals surface area contributed by atoms with E-state index in [1.165, 1.54) is 0 Å². The molecule has 2 aromatic rings. The van der Waals surface area contributed by atoms with E-state index in [-0.39, 0.29) is 5.91 Å². The Labute approximate surface area is 141 Å². The lowest BCUT2D eigenvalue weighted by atomic mass is 10.2. The normalized spacial score (nSPS) is 14.3. The van der Waals surface area contributed by atoms with E-state index in [1.54, 1.807) is 17.2 Å². The molecule has 0 bridgehead atoms. The maximum Gasteiger partial charge on any atom is 0.270 e. The molecule has 0 radical (unpaired) electrons. The zero-order valence-corrected chi connectivity index (χ0v) is 13.4. The highest BCUT2D eigenvalue weighted by Crippen LogP contribution is 2.15. The monoisotopic (exact) mass is 324 g/mol. The smallest absolute Gasteiger partial charge is 0.270 e. The highest BCUT2D eigenvalue weighted by atomic mass is 16.2. The summed E-state index contributed by atoms with van der Waals surface area (Å²) in [5.41, 5.74) is 2.43. The van der Waals surface area contributed by atoms with Crippen LogP contribution in [0.25, 0.3) is 0 Å². The lowest BCUT2D eigenvalue weighted by Gasteiger charge is -2.33. The van der Waals surface area contributed by atoms with Crippen molar-refractivity contribution in [2.75, 3.05) is 31.1 Å². The van der Waals surface area contributed by atoms with Crippen molar-refractivity contribution in [3.05, 3.63) is 59.9 Å². The quantitative estimate of drug-likeness (QED) is 0.842. The van der Waals surface area contributed by atoms with Crippen molar-refractivity contribution in [2.24, 2.45) is 0 Å². The fourth-order valence-corrected chi connectivity index (χ4v) is 2.66. The molecule has 1 aromatic heterocycles. The summed E-state index contributed by atoms with van der Waals surface area (Å²) in [6.07, 6.45) is 2.60. The molecule has 1 aromatic carbocycles. The predicted octanol–water partition coefficient (Wildman–Crippen LogP) is 1.29. The number of piperazine rings is 1. The Balaban J connectivity index is 1.56. The second-order valence-electron chi connectivity index (χ2n) is 5.70. The third kappa shape index (κ3) is 3.90. The van der Waals surface area contributed by atoms with Gasteiger partial charge in [-0.15, -0.1) is 0 Å². The molecular weight excluding hydrogens is 304 g/mol. The number of nitrogens with zero attached hydrogens (tertiary/aromatic N) is 3.